The zero-order chi connectivity index (χ0) is 14.7. The zero-order valence-corrected chi connectivity index (χ0v) is 12.7. The van der Waals surface area contributed by atoms with E-state index < -0.39 is 0 Å². The predicted octanol–water partition coefficient (Wildman–Crippen LogP) is 2.66. The lowest BCUT2D eigenvalue weighted by Gasteiger charge is -2.36. The molecule has 0 amide bonds. The summed E-state index contributed by atoms with van der Waals surface area (Å²) in [5.41, 5.74) is 1.18. The third-order valence-electron chi connectivity index (χ3n) is 4.82. The van der Waals surface area contributed by atoms with Crippen molar-refractivity contribution in [3.05, 3.63) is 23.8 Å². The van der Waals surface area contributed by atoms with Gasteiger partial charge in [-0.05, 0) is 37.0 Å². The highest BCUT2D eigenvalue weighted by atomic mass is 16.5. The number of fused-ring (bicyclic) bond motifs is 1. The first kappa shape index (κ1) is 14.7. The summed E-state index contributed by atoms with van der Waals surface area (Å²) in [6.07, 6.45) is 5.74. The molecule has 3 atom stereocenters. The topological polar surface area (TPSA) is 50.7 Å². The van der Waals surface area contributed by atoms with Crippen molar-refractivity contribution in [3.63, 3.8) is 0 Å². The average Bonchev–Trinajstić information content (AvgIpc) is 2.55. The van der Waals surface area contributed by atoms with E-state index in [0.717, 1.165) is 37.4 Å². The molecule has 0 aromatic heterocycles. The number of benzene rings is 1. The van der Waals surface area contributed by atoms with Crippen LogP contribution in [0.2, 0.25) is 0 Å². The van der Waals surface area contributed by atoms with E-state index in [1.165, 1.54) is 18.4 Å². The highest BCUT2D eigenvalue weighted by Gasteiger charge is 2.29. The van der Waals surface area contributed by atoms with Crippen LogP contribution >= 0.6 is 0 Å². The lowest BCUT2D eigenvalue weighted by atomic mass is 9.84. The molecule has 0 saturated heterocycles. The number of aliphatic hydroxyl groups is 1. The van der Waals surface area contributed by atoms with Gasteiger partial charge in [-0.2, -0.15) is 0 Å². The van der Waals surface area contributed by atoms with Crippen molar-refractivity contribution in [2.45, 2.75) is 44.2 Å². The number of hydrogen-bond donors (Lipinski definition) is 2. The standard InChI is InChI=1S/C17H25NO3/c1-20-13-6-7-17-14(10-13)16(8-9-21-17)18-15-5-3-2-4-12(15)11-19/h6-7,10,12,15-16,18-19H,2-5,8-9,11H2,1H3. The van der Waals surface area contributed by atoms with E-state index in [2.05, 4.69) is 11.4 Å². The van der Waals surface area contributed by atoms with Gasteiger partial charge in [-0.25, -0.2) is 0 Å². The number of nitrogens with one attached hydrogen (secondary N) is 1. The molecule has 2 N–H and O–H groups in total. The molecule has 21 heavy (non-hydrogen) atoms. The van der Waals surface area contributed by atoms with Crippen LogP contribution in [0.4, 0.5) is 0 Å². The molecule has 3 unspecified atom stereocenters. The molecule has 1 fully saturated rings. The van der Waals surface area contributed by atoms with E-state index in [0.29, 0.717) is 18.0 Å². The molecule has 0 spiro atoms. The summed E-state index contributed by atoms with van der Waals surface area (Å²) in [6, 6.07) is 6.71. The van der Waals surface area contributed by atoms with Crippen molar-refractivity contribution < 1.29 is 14.6 Å². The largest absolute Gasteiger partial charge is 0.497 e. The lowest BCUT2D eigenvalue weighted by Crippen LogP contribution is -2.43. The normalized spacial score (nSPS) is 28.6. The van der Waals surface area contributed by atoms with E-state index in [1.807, 2.05) is 12.1 Å². The number of hydrogen-bond acceptors (Lipinski definition) is 4. The fourth-order valence-corrected chi connectivity index (χ4v) is 3.58. The Morgan fingerprint density at radius 3 is 2.95 bits per heavy atom. The maximum absolute atomic E-state index is 9.58. The molecule has 4 nitrogen and oxygen atoms in total. The minimum Gasteiger partial charge on any atom is -0.497 e. The average molecular weight is 291 g/mol. The molecule has 1 saturated carbocycles. The Morgan fingerprint density at radius 2 is 2.14 bits per heavy atom. The SMILES string of the molecule is COc1ccc2c(c1)C(NC1CCCCC1CO)CCO2. The van der Waals surface area contributed by atoms with Crippen molar-refractivity contribution in [1.29, 1.82) is 0 Å². The van der Waals surface area contributed by atoms with E-state index in [-0.39, 0.29) is 6.61 Å². The molecular formula is C17H25NO3. The van der Waals surface area contributed by atoms with Crippen LogP contribution in [0.15, 0.2) is 18.2 Å². The van der Waals surface area contributed by atoms with Crippen molar-refractivity contribution in [1.82, 2.24) is 5.32 Å². The smallest absolute Gasteiger partial charge is 0.124 e. The summed E-state index contributed by atoms with van der Waals surface area (Å²) in [6.45, 7) is 1.03. The molecule has 3 rings (SSSR count). The van der Waals surface area contributed by atoms with Crippen LogP contribution in [0.3, 0.4) is 0 Å². The first-order valence-electron chi connectivity index (χ1n) is 7.99. The number of rotatable bonds is 4. The Bertz CT molecular complexity index is 477. The van der Waals surface area contributed by atoms with Gasteiger partial charge in [0.2, 0.25) is 0 Å². The van der Waals surface area contributed by atoms with Gasteiger partial charge in [0.25, 0.3) is 0 Å². The summed E-state index contributed by atoms with van der Waals surface area (Å²) in [5, 5.41) is 13.4. The maximum Gasteiger partial charge on any atom is 0.124 e. The van der Waals surface area contributed by atoms with Gasteiger partial charge >= 0.3 is 0 Å². The maximum atomic E-state index is 9.58. The lowest BCUT2D eigenvalue weighted by molar-refractivity contribution is 0.137. The third-order valence-corrected chi connectivity index (χ3v) is 4.82. The van der Waals surface area contributed by atoms with Crippen molar-refractivity contribution >= 4 is 0 Å². The minimum atomic E-state index is 0.284. The molecule has 1 aliphatic heterocycles. The molecule has 116 valence electrons. The van der Waals surface area contributed by atoms with Crippen molar-refractivity contribution in [3.8, 4) is 11.5 Å². The first-order valence-corrected chi connectivity index (χ1v) is 7.99. The second kappa shape index (κ2) is 6.67. The van der Waals surface area contributed by atoms with Gasteiger partial charge < -0.3 is 19.9 Å². The zero-order valence-electron chi connectivity index (χ0n) is 12.7. The van der Waals surface area contributed by atoms with Gasteiger partial charge in [0.1, 0.15) is 11.5 Å². The number of ether oxygens (including phenoxy) is 2. The molecular weight excluding hydrogens is 266 g/mol. The molecule has 0 bridgehead atoms. The van der Waals surface area contributed by atoms with Crippen molar-refractivity contribution in [2.75, 3.05) is 20.3 Å². The van der Waals surface area contributed by atoms with E-state index in [9.17, 15) is 5.11 Å². The Hall–Kier alpha value is -1.26. The van der Waals surface area contributed by atoms with Gasteiger partial charge in [0.05, 0.1) is 13.7 Å². The van der Waals surface area contributed by atoms with Gasteiger partial charge in [-0.1, -0.05) is 12.8 Å². The summed E-state index contributed by atoms with van der Waals surface area (Å²) < 4.78 is 11.1. The second-order valence-corrected chi connectivity index (χ2v) is 6.09. The number of aliphatic hydroxyl groups excluding tert-OH is 1. The van der Waals surface area contributed by atoms with E-state index in [4.69, 9.17) is 9.47 Å². The molecule has 1 aromatic rings. The molecule has 1 aromatic carbocycles. The third kappa shape index (κ3) is 3.16. The van der Waals surface area contributed by atoms with Crippen molar-refractivity contribution in [2.24, 2.45) is 5.92 Å². The van der Waals surface area contributed by atoms with E-state index in [1.54, 1.807) is 7.11 Å². The monoisotopic (exact) mass is 291 g/mol. The Labute approximate surface area is 126 Å². The van der Waals surface area contributed by atoms with Crippen LogP contribution in [0.5, 0.6) is 11.5 Å². The van der Waals surface area contributed by atoms with Gasteiger partial charge in [-0.3, -0.25) is 0 Å². The quantitative estimate of drug-likeness (QED) is 0.895. The number of methoxy groups -OCH3 is 1. The molecule has 0 radical (unpaired) electrons. The van der Waals surface area contributed by atoms with Crippen LogP contribution in [0.1, 0.15) is 43.7 Å². The van der Waals surface area contributed by atoms with E-state index >= 15 is 0 Å². The van der Waals surface area contributed by atoms with Crippen LogP contribution in [-0.2, 0) is 0 Å². The molecule has 4 heteroatoms. The van der Waals surface area contributed by atoms with Crippen LogP contribution in [0.25, 0.3) is 0 Å². The summed E-state index contributed by atoms with van der Waals surface area (Å²) in [7, 11) is 1.69. The van der Waals surface area contributed by atoms with Gasteiger partial charge in [0.15, 0.2) is 0 Å². The minimum absolute atomic E-state index is 0.284. The fraction of sp³-hybridized carbons (Fsp3) is 0.647. The predicted molar refractivity (Wildman–Crippen MR) is 81.8 cm³/mol. The highest BCUT2D eigenvalue weighted by molar-refractivity contribution is 5.43. The second-order valence-electron chi connectivity index (χ2n) is 6.09. The Balaban J connectivity index is 1.77. The van der Waals surface area contributed by atoms with Crippen LogP contribution in [-0.4, -0.2) is 31.5 Å². The van der Waals surface area contributed by atoms with Crippen LogP contribution < -0.4 is 14.8 Å². The summed E-state index contributed by atoms with van der Waals surface area (Å²) in [5.74, 6) is 2.21. The van der Waals surface area contributed by atoms with Gasteiger partial charge in [0, 0.05) is 30.7 Å². The first-order chi connectivity index (χ1) is 10.3. The summed E-state index contributed by atoms with van der Waals surface area (Å²) in [4.78, 5) is 0. The molecule has 1 aliphatic carbocycles. The molecule has 1 heterocycles. The Kier molecular flexibility index (Phi) is 4.66. The molecule has 2 aliphatic rings. The Morgan fingerprint density at radius 1 is 1.29 bits per heavy atom. The fourth-order valence-electron chi connectivity index (χ4n) is 3.58. The van der Waals surface area contributed by atoms with Gasteiger partial charge in [-0.15, -0.1) is 0 Å². The highest BCUT2D eigenvalue weighted by Crippen LogP contribution is 2.36. The van der Waals surface area contributed by atoms with Crippen LogP contribution in [0, 0.1) is 5.92 Å². The summed E-state index contributed by atoms with van der Waals surface area (Å²) >= 11 is 0.